The number of nitrogens with zero attached hydrogens (tertiary/aromatic N) is 3. The fourth-order valence-corrected chi connectivity index (χ4v) is 3.62. The smallest absolute Gasteiger partial charge is 0.491 e. The van der Waals surface area contributed by atoms with Gasteiger partial charge >= 0.3 is 15.6 Å². The van der Waals surface area contributed by atoms with E-state index in [1.165, 1.54) is 16.9 Å². The summed E-state index contributed by atoms with van der Waals surface area (Å²) in [5, 5.41) is 10.7. The SMILES string of the molecule is COc1c(-c2ccc(OS(=O)(=O)C(F)(F)F)cc2F)[nH]nc(-c2ccnn2-c2ccccc2)c1=O. The third kappa shape index (κ3) is 4.47. The van der Waals surface area contributed by atoms with Gasteiger partial charge in [0.15, 0.2) is 11.4 Å². The van der Waals surface area contributed by atoms with Gasteiger partial charge in [-0.15, -0.1) is 0 Å². The Balaban J connectivity index is 1.76. The van der Waals surface area contributed by atoms with E-state index in [1.807, 2.05) is 0 Å². The molecule has 0 spiro atoms. The molecule has 35 heavy (non-hydrogen) atoms. The number of H-pyrrole nitrogens is 1. The van der Waals surface area contributed by atoms with E-state index in [1.54, 1.807) is 30.3 Å². The molecule has 0 atom stereocenters. The lowest BCUT2D eigenvalue weighted by atomic mass is 10.1. The number of para-hydroxylation sites is 1. The van der Waals surface area contributed by atoms with E-state index in [4.69, 9.17) is 4.74 Å². The van der Waals surface area contributed by atoms with Gasteiger partial charge in [-0.1, -0.05) is 18.2 Å². The van der Waals surface area contributed by atoms with Crippen LogP contribution in [0.15, 0.2) is 65.6 Å². The summed E-state index contributed by atoms with van der Waals surface area (Å²) in [6, 6.07) is 12.5. The molecule has 2 aromatic heterocycles. The molecule has 0 saturated heterocycles. The van der Waals surface area contributed by atoms with Gasteiger partial charge in [0, 0.05) is 11.6 Å². The number of nitrogens with one attached hydrogen (secondary N) is 1. The van der Waals surface area contributed by atoms with Crippen LogP contribution in [0.5, 0.6) is 11.5 Å². The van der Waals surface area contributed by atoms with Gasteiger partial charge in [0.1, 0.15) is 17.3 Å². The summed E-state index contributed by atoms with van der Waals surface area (Å²) in [5.41, 5.74) is -6.11. The largest absolute Gasteiger partial charge is 0.534 e. The van der Waals surface area contributed by atoms with E-state index in [0.29, 0.717) is 17.4 Å². The van der Waals surface area contributed by atoms with E-state index < -0.39 is 32.6 Å². The molecule has 0 amide bonds. The normalized spacial score (nSPS) is 11.9. The van der Waals surface area contributed by atoms with Gasteiger partial charge in [0.2, 0.25) is 0 Å². The van der Waals surface area contributed by atoms with E-state index >= 15 is 0 Å². The Hall–Kier alpha value is -4.20. The zero-order valence-electron chi connectivity index (χ0n) is 17.6. The molecule has 2 heterocycles. The quantitative estimate of drug-likeness (QED) is 0.239. The predicted octanol–water partition coefficient (Wildman–Crippen LogP) is 3.67. The Kier molecular flexibility index (Phi) is 6.06. The number of ether oxygens (including phenoxy) is 1. The van der Waals surface area contributed by atoms with Gasteiger partial charge in [0.05, 0.1) is 24.7 Å². The van der Waals surface area contributed by atoms with Crippen molar-refractivity contribution in [2.45, 2.75) is 5.51 Å². The van der Waals surface area contributed by atoms with E-state index in [-0.39, 0.29) is 22.7 Å². The van der Waals surface area contributed by atoms with E-state index in [0.717, 1.165) is 19.2 Å². The molecule has 0 aliphatic heterocycles. The fraction of sp³-hybridized carbons (Fsp3) is 0.0952. The number of hydrogen-bond donors (Lipinski definition) is 1. The van der Waals surface area contributed by atoms with Gasteiger partial charge < -0.3 is 8.92 Å². The third-order valence-electron chi connectivity index (χ3n) is 4.72. The van der Waals surface area contributed by atoms with E-state index in [9.17, 15) is 30.8 Å². The van der Waals surface area contributed by atoms with Crippen LogP contribution in [0.1, 0.15) is 0 Å². The van der Waals surface area contributed by atoms with Crippen molar-refractivity contribution in [3.05, 3.63) is 76.8 Å². The minimum Gasteiger partial charge on any atom is -0.491 e. The van der Waals surface area contributed by atoms with Crippen molar-refractivity contribution in [1.82, 2.24) is 20.0 Å². The number of aromatic nitrogens is 4. The number of rotatable bonds is 6. The molecule has 0 bridgehead atoms. The lowest BCUT2D eigenvalue weighted by Crippen LogP contribution is -2.28. The molecule has 0 saturated carbocycles. The average molecular weight is 510 g/mol. The van der Waals surface area contributed by atoms with Crippen molar-refractivity contribution in [1.29, 1.82) is 0 Å². The first-order valence-electron chi connectivity index (χ1n) is 9.60. The lowest BCUT2D eigenvalue weighted by Gasteiger charge is -2.13. The van der Waals surface area contributed by atoms with Crippen LogP contribution in [-0.4, -0.2) is 41.0 Å². The molecule has 1 N–H and O–H groups in total. The lowest BCUT2D eigenvalue weighted by molar-refractivity contribution is -0.0500. The van der Waals surface area contributed by atoms with Crippen molar-refractivity contribution in [2.75, 3.05) is 7.11 Å². The summed E-state index contributed by atoms with van der Waals surface area (Å²) in [5.74, 6) is -2.45. The average Bonchev–Trinajstić information content (AvgIpc) is 3.28. The predicted molar refractivity (Wildman–Crippen MR) is 115 cm³/mol. The maximum atomic E-state index is 14.7. The molecule has 0 aliphatic carbocycles. The molecule has 4 aromatic rings. The third-order valence-corrected chi connectivity index (χ3v) is 5.70. The highest BCUT2D eigenvalue weighted by Gasteiger charge is 2.48. The maximum absolute atomic E-state index is 14.7. The zero-order chi connectivity index (χ0) is 25.4. The molecule has 14 heteroatoms. The minimum absolute atomic E-state index is 0.0939. The number of alkyl halides is 3. The Morgan fingerprint density at radius 3 is 2.40 bits per heavy atom. The molecule has 182 valence electrons. The van der Waals surface area contributed by atoms with Gasteiger partial charge in [-0.2, -0.15) is 31.8 Å². The molecule has 2 aromatic carbocycles. The van der Waals surface area contributed by atoms with Crippen LogP contribution in [0.25, 0.3) is 28.3 Å². The van der Waals surface area contributed by atoms with Crippen LogP contribution in [0.2, 0.25) is 0 Å². The Morgan fingerprint density at radius 2 is 1.77 bits per heavy atom. The molecule has 0 aliphatic rings. The topological polar surface area (TPSA) is 116 Å². The van der Waals surface area contributed by atoms with Crippen LogP contribution in [0.3, 0.4) is 0 Å². The van der Waals surface area contributed by atoms with Crippen molar-refractivity contribution in [2.24, 2.45) is 0 Å². The summed E-state index contributed by atoms with van der Waals surface area (Å²) < 4.78 is 85.2. The Morgan fingerprint density at radius 1 is 1.06 bits per heavy atom. The summed E-state index contributed by atoms with van der Waals surface area (Å²) in [6.07, 6.45) is 1.46. The van der Waals surface area contributed by atoms with Crippen molar-refractivity contribution in [3.8, 4) is 39.8 Å². The first-order valence-corrected chi connectivity index (χ1v) is 11.0. The number of hydrogen-bond acceptors (Lipinski definition) is 7. The Bertz CT molecular complexity index is 1550. The van der Waals surface area contributed by atoms with Crippen molar-refractivity contribution in [3.63, 3.8) is 0 Å². The number of methoxy groups -OCH3 is 1. The zero-order valence-corrected chi connectivity index (χ0v) is 18.4. The summed E-state index contributed by atoms with van der Waals surface area (Å²) in [7, 11) is -4.83. The van der Waals surface area contributed by atoms with Gasteiger partial charge in [-0.25, -0.2) is 9.07 Å². The number of aromatic amines is 1. The second-order valence-corrected chi connectivity index (χ2v) is 8.44. The molecule has 0 unspecified atom stereocenters. The number of benzene rings is 2. The molecule has 9 nitrogen and oxygen atoms in total. The molecule has 0 fully saturated rings. The second-order valence-electron chi connectivity index (χ2n) is 6.90. The minimum atomic E-state index is -5.99. The highest BCUT2D eigenvalue weighted by Crippen LogP contribution is 2.33. The van der Waals surface area contributed by atoms with Crippen LogP contribution < -0.4 is 14.3 Å². The van der Waals surface area contributed by atoms with Crippen LogP contribution in [-0.2, 0) is 10.1 Å². The Labute approximate surface area is 194 Å². The first kappa shape index (κ1) is 23.9. The van der Waals surface area contributed by atoms with Crippen LogP contribution in [0.4, 0.5) is 17.6 Å². The van der Waals surface area contributed by atoms with Gasteiger partial charge in [-0.05, 0) is 30.3 Å². The highest BCUT2D eigenvalue weighted by atomic mass is 32.2. The van der Waals surface area contributed by atoms with Crippen molar-refractivity contribution < 1.29 is 34.9 Å². The highest BCUT2D eigenvalue weighted by molar-refractivity contribution is 7.88. The monoisotopic (exact) mass is 510 g/mol. The fourth-order valence-electron chi connectivity index (χ4n) is 3.17. The standard InChI is InChI=1S/C21H14F4N4O5S/c1-33-20-17(14-8-7-13(11-15(14)22)34-35(31,32)21(23,24)25)27-28-18(19(20)30)16-9-10-26-29(16)12-5-3-2-4-6-12/h2-11H,1H3,(H,27,30). The van der Waals surface area contributed by atoms with Crippen LogP contribution >= 0.6 is 0 Å². The number of halogens is 4. The summed E-state index contributed by atoms with van der Waals surface area (Å²) >= 11 is 0. The van der Waals surface area contributed by atoms with Gasteiger partial charge in [0.25, 0.3) is 5.43 Å². The van der Waals surface area contributed by atoms with Crippen LogP contribution in [0, 0.1) is 5.82 Å². The second kappa shape index (κ2) is 8.87. The molecular formula is C21H14F4N4O5S. The molecular weight excluding hydrogens is 496 g/mol. The van der Waals surface area contributed by atoms with E-state index in [2.05, 4.69) is 19.5 Å². The first-order chi connectivity index (χ1) is 16.5. The molecule has 0 radical (unpaired) electrons. The summed E-state index contributed by atoms with van der Waals surface area (Å²) in [6.45, 7) is 0. The van der Waals surface area contributed by atoms with Gasteiger partial charge in [-0.3, -0.25) is 9.89 Å². The summed E-state index contributed by atoms with van der Waals surface area (Å²) in [4.78, 5) is 13.2. The van der Waals surface area contributed by atoms with Crippen molar-refractivity contribution >= 4 is 10.1 Å². The molecule has 4 rings (SSSR count). The maximum Gasteiger partial charge on any atom is 0.534 e.